The van der Waals surface area contributed by atoms with E-state index in [-0.39, 0.29) is 24.8 Å². The molecule has 17 heavy (non-hydrogen) atoms. The standard InChI is InChI=1S/C12H29N3O2/c1-12(15(2)3,6-4-9-16)11(5-10-17)14-8-7-13/h11,14,16-17H,4-10,13H2,1-3H3. The van der Waals surface area contributed by atoms with Crippen LogP contribution in [0.2, 0.25) is 0 Å². The monoisotopic (exact) mass is 247 g/mol. The van der Waals surface area contributed by atoms with Gasteiger partial charge in [-0.3, -0.25) is 0 Å². The summed E-state index contributed by atoms with van der Waals surface area (Å²) in [5.74, 6) is 0. The number of hydrogen-bond donors (Lipinski definition) is 4. The molecule has 0 amide bonds. The predicted molar refractivity (Wildman–Crippen MR) is 71.0 cm³/mol. The van der Waals surface area contributed by atoms with Crippen molar-refractivity contribution in [2.45, 2.75) is 37.8 Å². The number of hydrogen-bond acceptors (Lipinski definition) is 5. The third kappa shape index (κ3) is 5.31. The lowest BCUT2D eigenvalue weighted by atomic mass is 9.84. The minimum absolute atomic E-state index is 0.0827. The molecule has 2 atom stereocenters. The maximum absolute atomic E-state index is 9.17. The van der Waals surface area contributed by atoms with Gasteiger partial charge >= 0.3 is 0 Å². The first-order valence-corrected chi connectivity index (χ1v) is 6.35. The molecule has 0 aromatic heterocycles. The van der Waals surface area contributed by atoms with Crippen molar-refractivity contribution in [3.05, 3.63) is 0 Å². The third-order valence-electron chi connectivity index (χ3n) is 3.57. The topological polar surface area (TPSA) is 81.8 Å². The van der Waals surface area contributed by atoms with Crippen molar-refractivity contribution < 1.29 is 10.2 Å². The van der Waals surface area contributed by atoms with Crippen molar-refractivity contribution in [2.75, 3.05) is 40.4 Å². The summed E-state index contributed by atoms with van der Waals surface area (Å²) < 4.78 is 0. The Hall–Kier alpha value is -0.200. The number of nitrogens with one attached hydrogen (secondary N) is 1. The van der Waals surface area contributed by atoms with Gasteiger partial charge in [-0.2, -0.15) is 0 Å². The highest BCUT2D eigenvalue weighted by atomic mass is 16.3. The van der Waals surface area contributed by atoms with Gasteiger partial charge in [-0.15, -0.1) is 0 Å². The van der Waals surface area contributed by atoms with Crippen molar-refractivity contribution >= 4 is 0 Å². The smallest absolute Gasteiger partial charge is 0.0446 e. The first-order chi connectivity index (χ1) is 8.02. The van der Waals surface area contributed by atoms with Gasteiger partial charge in [0, 0.05) is 37.9 Å². The Morgan fingerprint density at radius 2 is 1.94 bits per heavy atom. The molecule has 0 heterocycles. The van der Waals surface area contributed by atoms with Crippen LogP contribution in [0, 0.1) is 0 Å². The van der Waals surface area contributed by atoms with Crippen LogP contribution in [0.1, 0.15) is 26.2 Å². The Bertz CT molecular complexity index is 191. The first kappa shape index (κ1) is 16.8. The molecule has 0 saturated carbocycles. The van der Waals surface area contributed by atoms with E-state index in [1.165, 1.54) is 0 Å². The fourth-order valence-electron chi connectivity index (χ4n) is 2.17. The normalized spacial score (nSPS) is 17.1. The van der Waals surface area contributed by atoms with Crippen molar-refractivity contribution in [3.8, 4) is 0 Å². The fraction of sp³-hybridized carbons (Fsp3) is 1.00. The van der Waals surface area contributed by atoms with Crippen LogP contribution in [0.3, 0.4) is 0 Å². The minimum Gasteiger partial charge on any atom is -0.396 e. The van der Waals surface area contributed by atoms with E-state index in [0.717, 1.165) is 19.4 Å². The molecule has 104 valence electrons. The maximum atomic E-state index is 9.17. The van der Waals surface area contributed by atoms with E-state index in [0.29, 0.717) is 13.0 Å². The molecule has 5 N–H and O–H groups in total. The summed E-state index contributed by atoms with van der Waals surface area (Å²) in [5, 5.41) is 21.6. The zero-order chi connectivity index (χ0) is 13.3. The molecule has 0 aliphatic carbocycles. The van der Waals surface area contributed by atoms with Crippen molar-refractivity contribution in [1.29, 1.82) is 0 Å². The molecule has 2 unspecified atom stereocenters. The van der Waals surface area contributed by atoms with Crippen LogP contribution in [0.5, 0.6) is 0 Å². The van der Waals surface area contributed by atoms with E-state index in [1.54, 1.807) is 0 Å². The molecule has 0 spiro atoms. The summed E-state index contributed by atoms with van der Waals surface area (Å²) in [7, 11) is 4.07. The second-order valence-corrected chi connectivity index (χ2v) is 4.89. The quantitative estimate of drug-likeness (QED) is 0.414. The second kappa shape index (κ2) is 8.83. The first-order valence-electron chi connectivity index (χ1n) is 6.35. The van der Waals surface area contributed by atoms with E-state index in [2.05, 4.69) is 17.1 Å². The molecule has 0 bridgehead atoms. The van der Waals surface area contributed by atoms with Gasteiger partial charge in [0.2, 0.25) is 0 Å². The average Bonchev–Trinajstić information content (AvgIpc) is 2.31. The molecule has 0 aliphatic heterocycles. The van der Waals surface area contributed by atoms with E-state index >= 15 is 0 Å². The zero-order valence-corrected chi connectivity index (χ0v) is 11.4. The molecule has 0 aromatic rings. The maximum Gasteiger partial charge on any atom is 0.0446 e. The van der Waals surface area contributed by atoms with Crippen molar-refractivity contribution in [2.24, 2.45) is 5.73 Å². The lowest BCUT2D eigenvalue weighted by Gasteiger charge is -2.44. The van der Waals surface area contributed by atoms with Gasteiger partial charge in [-0.25, -0.2) is 0 Å². The highest BCUT2D eigenvalue weighted by Gasteiger charge is 2.34. The molecule has 0 radical (unpaired) electrons. The molecule has 0 aromatic carbocycles. The molecule has 0 fully saturated rings. The lowest BCUT2D eigenvalue weighted by molar-refractivity contribution is 0.0832. The van der Waals surface area contributed by atoms with Crippen LogP contribution in [0.15, 0.2) is 0 Å². The largest absolute Gasteiger partial charge is 0.396 e. The van der Waals surface area contributed by atoms with Gasteiger partial charge in [-0.1, -0.05) is 0 Å². The summed E-state index contributed by atoms with van der Waals surface area (Å²) >= 11 is 0. The highest BCUT2D eigenvalue weighted by Crippen LogP contribution is 2.25. The number of aliphatic hydroxyl groups is 2. The van der Waals surface area contributed by atoms with Gasteiger partial charge in [0.25, 0.3) is 0 Å². The molecule has 5 heteroatoms. The lowest BCUT2D eigenvalue weighted by Crippen LogP contribution is -2.58. The number of nitrogens with two attached hydrogens (primary N) is 1. The van der Waals surface area contributed by atoms with E-state index < -0.39 is 0 Å². The summed E-state index contributed by atoms with van der Waals surface area (Å²) in [5.41, 5.74) is 5.43. The van der Waals surface area contributed by atoms with Crippen LogP contribution in [-0.4, -0.2) is 67.1 Å². The highest BCUT2D eigenvalue weighted by molar-refractivity contribution is 4.95. The van der Waals surface area contributed by atoms with Crippen molar-refractivity contribution in [1.82, 2.24) is 10.2 Å². The van der Waals surface area contributed by atoms with Gasteiger partial charge < -0.3 is 26.2 Å². The molecule has 0 aliphatic rings. The molecule has 0 rings (SSSR count). The Morgan fingerprint density at radius 1 is 1.29 bits per heavy atom. The van der Waals surface area contributed by atoms with Crippen LogP contribution < -0.4 is 11.1 Å². The number of rotatable bonds is 10. The predicted octanol–water partition coefficient (Wildman–Crippen LogP) is -0.621. The Labute approximate surface area is 105 Å². The fourth-order valence-corrected chi connectivity index (χ4v) is 2.17. The molecule has 5 nitrogen and oxygen atoms in total. The molecular weight excluding hydrogens is 218 g/mol. The summed E-state index contributed by atoms with van der Waals surface area (Å²) in [4.78, 5) is 2.16. The van der Waals surface area contributed by atoms with Crippen molar-refractivity contribution in [3.63, 3.8) is 0 Å². The van der Waals surface area contributed by atoms with Gasteiger partial charge in [0.1, 0.15) is 0 Å². The molecule has 0 saturated heterocycles. The van der Waals surface area contributed by atoms with Crippen LogP contribution in [-0.2, 0) is 0 Å². The zero-order valence-electron chi connectivity index (χ0n) is 11.4. The van der Waals surface area contributed by atoms with E-state index in [1.807, 2.05) is 14.1 Å². The summed E-state index contributed by atoms with van der Waals surface area (Å²) in [6.07, 6.45) is 2.35. The molecular formula is C12H29N3O2. The summed E-state index contributed by atoms with van der Waals surface area (Å²) in [6.45, 7) is 3.85. The Balaban J connectivity index is 4.66. The Morgan fingerprint density at radius 3 is 2.35 bits per heavy atom. The van der Waals surface area contributed by atoms with Gasteiger partial charge in [0.05, 0.1) is 0 Å². The minimum atomic E-state index is -0.0827. The third-order valence-corrected chi connectivity index (χ3v) is 3.57. The van der Waals surface area contributed by atoms with Crippen LogP contribution >= 0.6 is 0 Å². The van der Waals surface area contributed by atoms with Gasteiger partial charge in [-0.05, 0) is 40.3 Å². The van der Waals surface area contributed by atoms with Crippen LogP contribution in [0.25, 0.3) is 0 Å². The van der Waals surface area contributed by atoms with Gasteiger partial charge in [0.15, 0.2) is 0 Å². The number of nitrogens with zero attached hydrogens (tertiary/aromatic N) is 1. The Kier molecular flexibility index (Phi) is 8.72. The average molecular weight is 247 g/mol. The van der Waals surface area contributed by atoms with Crippen LogP contribution in [0.4, 0.5) is 0 Å². The second-order valence-electron chi connectivity index (χ2n) is 4.89. The summed E-state index contributed by atoms with van der Waals surface area (Å²) in [6, 6.07) is 0.178. The van der Waals surface area contributed by atoms with E-state index in [4.69, 9.17) is 15.9 Å². The SMILES string of the molecule is CN(C)C(C)(CCCO)C(CCO)NCCN. The van der Waals surface area contributed by atoms with E-state index in [9.17, 15) is 0 Å². The number of aliphatic hydroxyl groups excluding tert-OH is 2. The number of likely N-dealkylation sites (N-methyl/N-ethyl adjacent to an activating group) is 1.